The first kappa shape index (κ1) is 74.9. The second-order valence-corrected chi connectivity index (χ2v) is 24.6. The van der Waals surface area contributed by atoms with Crippen LogP contribution in [0.5, 0.6) is 0 Å². The van der Waals surface area contributed by atoms with Gasteiger partial charge in [0.05, 0.1) is 25.4 Å². The van der Waals surface area contributed by atoms with Crippen LogP contribution in [0.25, 0.3) is 0 Å². The summed E-state index contributed by atoms with van der Waals surface area (Å²) in [5, 5.41) is 23.1. The predicted molar refractivity (Wildman–Crippen MR) is 334 cm³/mol. The number of amides is 1. The Balaban J connectivity index is 3.26. The fourth-order valence-corrected chi connectivity index (χ4v) is 11.5. The van der Waals surface area contributed by atoms with Gasteiger partial charge < -0.3 is 20.3 Å². The van der Waals surface area contributed by atoms with Gasteiger partial charge in [-0.3, -0.25) is 9.59 Å². The summed E-state index contributed by atoms with van der Waals surface area (Å²) in [5.74, 6) is -0.00415. The van der Waals surface area contributed by atoms with E-state index in [1.165, 1.54) is 340 Å². The number of unbranched alkanes of at least 4 members (excludes halogenated alkanes) is 56. The predicted octanol–water partition coefficient (Wildman–Crippen LogP) is 22.6. The van der Waals surface area contributed by atoms with Crippen LogP contribution in [0.2, 0.25) is 0 Å². The van der Waals surface area contributed by atoms with Crippen LogP contribution in [0.4, 0.5) is 0 Å². The van der Waals surface area contributed by atoms with Crippen LogP contribution in [-0.4, -0.2) is 47.4 Å². The van der Waals surface area contributed by atoms with Crippen molar-refractivity contribution in [3.8, 4) is 0 Å². The first-order chi connectivity index (χ1) is 37.5. The number of ether oxygens (including phenoxy) is 1. The molecule has 0 saturated heterocycles. The molecule has 0 spiro atoms. The van der Waals surface area contributed by atoms with Crippen LogP contribution in [-0.2, 0) is 14.3 Å². The summed E-state index contributed by atoms with van der Waals surface area (Å²) in [6.07, 6.45) is 80.4. The van der Waals surface area contributed by atoms with Gasteiger partial charge in [-0.25, -0.2) is 0 Å². The zero-order valence-electron chi connectivity index (χ0n) is 52.0. The molecular weight excluding hydrogens is 935 g/mol. The van der Waals surface area contributed by atoms with Gasteiger partial charge in [-0.15, -0.1) is 0 Å². The SMILES string of the molecule is CCCCCCCCCCCCCCCCCCCCCC(=O)OCCCCCCCCCCCCCCCCCCCCCCCCCCCCCCCCCC(=O)NC(CO)C(O)CCCCCCCCCCC. The van der Waals surface area contributed by atoms with E-state index < -0.39 is 12.1 Å². The number of aliphatic hydroxyl groups excluding tert-OH is 2. The number of nitrogens with one attached hydrogen (secondary N) is 1. The highest BCUT2D eigenvalue weighted by Gasteiger charge is 2.20. The van der Waals surface area contributed by atoms with Crippen LogP contribution < -0.4 is 5.32 Å². The first-order valence-corrected chi connectivity index (χ1v) is 35.3. The Bertz CT molecular complexity index is 1100. The van der Waals surface area contributed by atoms with Crippen molar-refractivity contribution in [2.75, 3.05) is 13.2 Å². The van der Waals surface area contributed by atoms with E-state index in [9.17, 15) is 19.8 Å². The molecule has 0 fully saturated rings. The van der Waals surface area contributed by atoms with E-state index in [0.29, 0.717) is 25.9 Å². The van der Waals surface area contributed by atoms with Gasteiger partial charge in [0.2, 0.25) is 5.91 Å². The molecule has 6 nitrogen and oxygen atoms in total. The van der Waals surface area contributed by atoms with Gasteiger partial charge in [0, 0.05) is 12.8 Å². The van der Waals surface area contributed by atoms with Gasteiger partial charge in [0.15, 0.2) is 0 Å². The fourth-order valence-electron chi connectivity index (χ4n) is 11.5. The van der Waals surface area contributed by atoms with Crippen molar-refractivity contribution in [3.05, 3.63) is 0 Å². The van der Waals surface area contributed by atoms with Crippen molar-refractivity contribution < 1.29 is 24.5 Å². The Morgan fingerprint density at radius 1 is 0.316 bits per heavy atom. The van der Waals surface area contributed by atoms with E-state index in [2.05, 4.69) is 19.2 Å². The highest BCUT2D eigenvalue weighted by molar-refractivity contribution is 5.76. The van der Waals surface area contributed by atoms with E-state index in [-0.39, 0.29) is 18.5 Å². The Hall–Kier alpha value is -1.14. The quantitative estimate of drug-likeness (QED) is 0.0417. The van der Waals surface area contributed by atoms with Gasteiger partial charge in [0.1, 0.15) is 0 Å². The smallest absolute Gasteiger partial charge is 0.305 e. The molecule has 3 N–H and O–H groups in total. The molecule has 454 valence electrons. The third-order valence-electron chi connectivity index (χ3n) is 16.9. The number of hydrogen-bond donors (Lipinski definition) is 3. The first-order valence-electron chi connectivity index (χ1n) is 35.3. The number of esters is 1. The average Bonchev–Trinajstić information content (AvgIpc) is 3.42. The molecule has 2 atom stereocenters. The summed E-state index contributed by atoms with van der Waals surface area (Å²) in [7, 11) is 0. The molecule has 76 heavy (non-hydrogen) atoms. The van der Waals surface area contributed by atoms with Crippen molar-refractivity contribution in [2.45, 2.75) is 424 Å². The molecule has 0 bridgehead atoms. The highest BCUT2D eigenvalue weighted by Crippen LogP contribution is 2.20. The molecule has 0 aliphatic rings. The molecule has 0 aliphatic heterocycles. The van der Waals surface area contributed by atoms with E-state index in [4.69, 9.17) is 4.74 Å². The van der Waals surface area contributed by atoms with Gasteiger partial charge in [-0.1, -0.05) is 373 Å². The summed E-state index contributed by atoms with van der Waals surface area (Å²) in [5.41, 5.74) is 0. The normalized spacial score (nSPS) is 12.4. The van der Waals surface area contributed by atoms with Crippen LogP contribution >= 0.6 is 0 Å². The molecular formula is C70H139NO5. The van der Waals surface area contributed by atoms with Crippen molar-refractivity contribution in [1.82, 2.24) is 5.32 Å². The average molecular weight is 1070 g/mol. The third kappa shape index (κ3) is 62.1. The second kappa shape index (κ2) is 66.4. The van der Waals surface area contributed by atoms with Crippen molar-refractivity contribution in [2.24, 2.45) is 0 Å². The molecule has 0 aromatic heterocycles. The van der Waals surface area contributed by atoms with Crippen molar-refractivity contribution in [3.63, 3.8) is 0 Å². The third-order valence-corrected chi connectivity index (χ3v) is 16.9. The molecule has 0 radical (unpaired) electrons. The molecule has 0 aliphatic carbocycles. The van der Waals surface area contributed by atoms with Gasteiger partial charge in [0.25, 0.3) is 0 Å². The maximum Gasteiger partial charge on any atom is 0.305 e. The largest absolute Gasteiger partial charge is 0.466 e. The maximum absolute atomic E-state index is 12.4. The lowest BCUT2D eigenvalue weighted by Crippen LogP contribution is -2.45. The maximum atomic E-state index is 12.4. The summed E-state index contributed by atoms with van der Waals surface area (Å²) >= 11 is 0. The summed E-state index contributed by atoms with van der Waals surface area (Å²) < 4.78 is 5.52. The molecule has 2 unspecified atom stereocenters. The minimum absolute atomic E-state index is 0.0265. The van der Waals surface area contributed by atoms with Crippen LogP contribution in [0.1, 0.15) is 412 Å². The van der Waals surface area contributed by atoms with Crippen LogP contribution in [0.3, 0.4) is 0 Å². The summed E-state index contributed by atoms with van der Waals surface area (Å²) in [6.45, 7) is 4.98. The lowest BCUT2D eigenvalue weighted by Gasteiger charge is -2.22. The van der Waals surface area contributed by atoms with Gasteiger partial charge >= 0.3 is 5.97 Å². The Morgan fingerprint density at radius 2 is 0.539 bits per heavy atom. The number of carbonyl (C=O) groups is 2. The zero-order chi connectivity index (χ0) is 55.0. The van der Waals surface area contributed by atoms with Crippen LogP contribution in [0.15, 0.2) is 0 Å². The number of hydrogen-bond acceptors (Lipinski definition) is 5. The fraction of sp³-hybridized carbons (Fsp3) is 0.971. The topological polar surface area (TPSA) is 95.9 Å². The summed E-state index contributed by atoms with van der Waals surface area (Å²) in [6, 6.07) is -0.535. The van der Waals surface area contributed by atoms with E-state index >= 15 is 0 Å². The Morgan fingerprint density at radius 3 is 0.803 bits per heavy atom. The number of carbonyl (C=O) groups excluding carboxylic acids is 2. The monoisotopic (exact) mass is 1070 g/mol. The molecule has 0 aromatic carbocycles. The minimum Gasteiger partial charge on any atom is -0.466 e. The molecule has 0 saturated carbocycles. The summed E-state index contributed by atoms with van der Waals surface area (Å²) in [4.78, 5) is 24.5. The molecule has 6 heteroatoms. The lowest BCUT2D eigenvalue weighted by molar-refractivity contribution is -0.143. The standard InChI is InChI=1S/C70H139NO5/c1-3-5-7-9-11-13-14-15-16-17-31-35-38-41-44-48-52-56-60-64-70(75)76-65-61-57-53-49-45-42-39-36-33-30-28-26-24-22-20-18-19-21-23-25-27-29-32-34-37-40-43-47-51-55-59-63-69(74)71-67(66-72)68(73)62-58-54-50-46-12-10-8-6-4-2/h67-68,72-73H,3-66H2,1-2H3,(H,71,74). The lowest BCUT2D eigenvalue weighted by atomic mass is 10.0. The Kier molecular flexibility index (Phi) is 65.4. The van der Waals surface area contributed by atoms with Crippen molar-refractivity contribution in [1.29, 1.82) is 0 Å². The van der Waals surface area contributed by atoms with Crippen molar-refractivity contribution >= 4 is 11.9 Å². The van der Waals surface area contributed by atoms with Gasteiger partial charge in [-0.2, -0.15) is 0 Å². The molecule has 0 aromatic rings. The zero-order valence-corrected chi connectivity index (χ0v) is 52.0. The highest BCUT2D eigenvalue weighted by atomic mass is 16.5. The molecule has 1 amide bonds. The van der Waals surface area contributed by atoms with Gasteiger partial charge in [-0.05, 0) is 25.7 Å². The molecule has 0 heterocycles. The molecule has 0 rings (SSSR count). The second-order valence-electron chi connectivity index (χ2n) is 24.6. The van der Waals surface area contributed by atoms with E-state index in [0.717, 1.165) is 38.5 Å². The van der Waals surface area contributed by atoms with E-state index in [1.54, 1.807) is 0 Å². The number of rotatable bonds is 67. The Labute approximate surface area is 476 Å². The minimum atomic E-state index is -0.658. The number of aliphatic hydroxyl groups is 2. The van der Waals surface area contributed by atoms with Crippen LogP contribution in [0, 0.1) is 0 Å². The van der Waals surface area contributed by atoms with E-state index in [1.807, 2.05) is 0 Å².